The molecule has 3 nitrogen and oxygen atoms in total. The van der Waals surface area contributed by atoms with E-state index < -0.39 is 11.6 Å². The monoisotopic (exact) mass is 214 g/mol. The van der Waals surface area contributed by atoms with Crippen molar-refractivity contribution >= 4 is 17.3 Å². The van der Waals surface area contributed by atoms with E-state index in [9.17, 15) is 14.7 Å². The number of hydrogen-bond acceptors (Lipinski definition) is 3. The number of carbonyl (C=O) groups is 2. The summed E-state index contributed by atoms with van der Waals surface area (Å²) in [4.78, 5) is 22.2. The first-order chi connectivity index (χ1) is 6.20. The number of allylic oxidation sites excluding steroid dienone is 1. The predicted octanol–water partition coefficient (Wildman–Crippen LogP) is -1.53. The van der Waals surface area contributed by atoms with Gasteiger partial charge in [-0.15, -0.1) is 0 Å². The molecule has 0 aliphatic heterocycles. The van der Waals surface area contributed by atoms with E-state index in [4.69, 9.17) is 0 Å². The molecule has 14 heavy (non-hydrogen) atoms. The number of aliphatic hydroxyl groups excluding tert-OH is 1. The summed E-state index contributed by atoms with van der Waals surface area (Å²) in [6.07, 6.45) is 0.949. The maximum Gasteiger partial charge on any atom is 1.00 e. The maximum absolute atomic E-state index is 11.3. The van der Waals surface area contributed by atoms with Crippen LogP contribution in [0.15, 0.2) is 30.3 Å². The van der Waals surface area contributed by atoms with E-state index in [1.807, 2.05) is 0 Å². The van der Waals surface area contributed by atoms with E-state index in [0.717, 1.165) is 6.08 Å². The molecule has 66 valence electrons. The van der Waals surface area contributed by atoms with Crippen LogP contribution in [0.3, 0.4) is 0 Å². The zero-order valence-electron chi connectivity index (χ0n) is 8.65. The Morgan fingerprint density at radius 3 is 2.29 bits per heavy atom. The molecule has 0 saturated carbocycles. The summed E-state index contributed by atoms with van der Waals surface area (Å²) in [6, 6.07) is 6.48. The number of rotatable bonds is 0. The molecule has 0 amide bonds. The Morgan fingerprint density at radius 2 is 1.64 bits per heavy atom. The van der Waals surface area contributed by atoms with Crippen LogP contribution in [0.25, 0.3) is 5.76 Å². The molecule has 1 N–H and O–H groups in total. The van der Waals surface area contributed by atoms with Gasteiger partial charge in [0, 0.05) is 17.2 Å². The van der Waals surface area contributed by atoms with Crippen molar-refractivity contribution in [3.63, 3.8) is 0 Å². The van der Waals surface area contributed by atoms with E-state index in [2.05, 4.69) is 0 Å². The largest absolute Gasteiger partial charge is 1.00 e. The Morgan fingerprint density at radius 1 is 1.07 bits per heavy atom. The van der Waals surface area contributed by atoms with Crippen LogP contribution in [-0.4, -0.2) is 16.7 Å². The molecule has 1 aromatic carbocycles. The van der Waals surface area contributed by atoms with Crippen molar-refractivity contribution in [1.82, 2.24) is 0 Å². The zero-order chi connectivity index (χ0) is 9.42. The van der Waals surface area contributed by atoms with E-state index in [1.165, 1.54) is 6.07 Å². The summed E-state index contributed by atoms with van der Waals surface area (Å²) in [7, 11) is 0. The Hall–Kier alpha value is -0.264. The standard InChI is InChI=1S/C10H6O3.K.H/c11-8-5-9(12)10(13)7-4-2-1-3-6(7)8;;/h1-5,11H;;/q;+1;-1. The molecule has 0 aromatic heterocycles. The van der Waals surface area contributed by atoms with Gasteiger partial charge < -0.3 is 6.53 Å². The van der Waals surface area contributed by atoms with Crippen molar-refractivity contribution in [3.05, 3.63) is 41.5 Å². The number of ketones is 2. The average Bonchev–Trinajstić information content (AvgIpc) is 2.15. The van der Waals surface area contributed by atoms with Crippen LogP contribution < -0.4 is 51.4 Å². The van der Waals surface area contributed by atoms with Crippen molar-refractivity contribution < 1.29 is 67.5 Å². The molecule has 1 aromatic rings. The molecule has 1 aliphatic carbocycles. The molecule has 0 saturated heterocycles. The maximum atomic E-state index is 11.3. The van der Waals surface area contributed by atoms with Crippen molar-refractivity contribution in [2.24, 2.45) is 0 Å². The van der Waals surface area contributed by atoms with Gasteiger partial charge in [0.1, 0.15) is 5.76 Å². The van der Waals surface area contributed by atoms with Gasteiger partial charge in [-0.25, -0.2) is 0 Å². The smallest absolute Gasteiger partial charge is 1.00 e. The second kappa shape index (κ2) is 4.50. The molecule has 0 spiro atoms. The van der Waals surface area contributed by atoms with Crippen LogP contribution in [0.5, 0.6) is 0 Å². The normalized spacial score (nSPS) is 14.1. The summed E-state index contributed by atoms with van der Waals surface area (Å²) >= 11 is 0. The summed E-state index contributed by atoms with van der Waals surface area (Å²) in [5, 5.41) is 9.34. The topological polar surface area (TPSA) is 54.4 Å². The number of hydrogen-bond donors (Lipinski definition) is 1. The van der Waals surface area contributed by atoms with Crippen molar-refractivity contribution in [2.75, 3.05) is 0 Å². The van der Waals surface area contributed by atoms with Crippen LogP contribution in [0.1, 0.15) is 17.3 Å². The minimum Gasteiger partial charge on any atom is -1.00 e. The van der Waals surface area contributed by atoms with Crippen LogP contribution in [0.2, 0.25) is 0 Å². The zero-order valence-corrected chi connectivity index (χ0v) is 10.8. The molecule has 0 heterocycles. The van der Waals surface area contributed by atoms with Crippen LogP contribution >= 0.6 is 0 Å². The summed E-state index contributed by atoms with van der Waals surface area (Å²) in [5.41, 5.74) is 0.694. The third-order valence-electron chi connectivity index (χ3n) is 1.94. The molecule has 0 unspecified atom stereocenters. The fraction of sp³-hybridized carbons (Fsp3) is 0. The number of Topliss-reactive ketones (excluding diaryl/α,β-unsaturated/α-hetero) is 1. The molecule has 0 radical (unpaired) electrons. The number of fused-ring (bicyclic) bond motifs is 1. The Balaban J connectivity index is 0.000000980. The minimum atomic E-state index is -0.670. The first-order valence-corrected chi connectivity index (χ1v) is 3.79. The van der Waals surface area contributed by atoms with Gasteiger partial charge in [-0.1, -0.05) is 24.3 Å². The third kappa shape index (κ3) is 1.89. The molecule has 4 heteroatoms. The number of carbonyl (C=O) groups excluding carboxylic acids is 2. The van der Waals surface area contributed by atoms with Crippen LogP contribution in [0.4, 0.5) is 0 Å². The van der Waals surface area contributed by atoms with Crippen LogP contribution in [-0.2, 0) is 4.79 Å². The van der Waals surface area contributed by atoms with Gasteiger partial charge in [-0.05, 0) is 0 Å². The molecule has 1 aliphatic rings. The Labute approximate surface area is 125 Å². The first kappa shape index (κ1) is 11.8. The van der Waals surface area contributed by atoms with Crippen molar-refractivity contribution in [1.29, 1.82) is 0 Å². The summed E-state index contributed by atoms with van der Waals surface area (Å²) < 4.78 is 0. The Bertz CT molecular complexity index is 440. The fourth-order valence-electron chi connectivity index (χ4n) is 1.30. The van der Waals surface area contributed by atoms with Gasteiger partial charge in [0.25, 0.3) is 0 Å². The molecule has 0 bridgehead atoms. The van der Waals surface area contributed by atoms with Gasteiger partial charge in [-0.3, -0.25) is 9.59 Å². The SMILES string of the molecule is O=C1C=C(O)c2ccccc2C1=O.[H-].[K+]. The third-order valence-corrected chi connectivity index (χ3v) is 1.94. The molecule has 2 rings (SSSR count). The minimum absolute atomic E-state index is 0. The van der Waals surface area contributed by atoms with Gasteiger partial charge in [-0.2, -0.15) is 0 Å². The average molecular weight is 214 g/mol. The molecular formula is C10H7KO3. The number of benzene rings is 1. The van der Waals surface area contributed by atoms with Crippen LogP contribution in [0, 0.1) is 0 Å². The predicted molar refractivity (Wildman–Crippen MR) is 47.5 cm³/mol. The second-order valence-electron chi connectivity index (χ2n) is 2.77. The molecular weight excluding hydrogens is 207 g/mol. The van der Waals surface area contributed by atoms with Gasteiger partial charge in [0.2, 0.25) is 11.6 Å². The summed E-state index contributed by atoms with van der Waals surface area (Å²) in [6.45, 7) is 0. The van der Waals surface area contributed by atoms with Gasteiger partial charge >= 0.3 is 51.4 Å². The summed E-state index contributed by atoms with van der Waals surface area (Å²) in [5.74, 6) is -1.37. The Kier molecular flexibility index (Phi) is 3.80. The van der Waals surface area contributed by atoms with E-state index in [0.29, 0.717) is 5.56 Å². The van der Waals surface area contributed by atoms with Crippen molar-refractivity contribution in [3.8, 4) is 0 Å². The van der Waals surface area contributed by atoms with Gasteiger partial charge in [0.05, 0.1) is 0 Å². The molecule has 0 atom stereocenters. The first-order valence-electron chi connectivity index (χ1n) is 3.79. The van der Waals surface area contributed by atoms with Gasteiger partial charge in [0.15, 0.2) is 0 Å². The fourth-order valence-corrected chi connectivity index (χ4v) is 1.30. The quantitative estimate of drug-likeness (QED) is 0.421. The van der Waals surface area contributed by atoms with E-state index in [1.54, 1.807) is 18.2 Å². The van der Waals surface area contributed by atoms with E-state index >= 15 is 0 Å². The van der Waals surface area contributed by atoms with E-state index in [-0.39, 0.29) is 64.1 Å². The second-order valence-corrected chi connectivity index (χ2v) is 2.77. The van der Waals surface area contributed by atoms with Crippen molar-refractivity contribution in [2.45, 2.75) is 0 Å². The number of aliphatic hydroxyl groups is 1. The molecule has 0 fully saturated rings.